The molecule has 2 heterocycles. The Morgan fingerprint density at radius 2 is 1.97 bits per heavy atom. The summed E-state index contributed by atoms with van der Waals surface area (Å²) in [5.74, 6) is 0. The second kappa shape index (κ2) is 9.57. The Hall–Kier alpha value is -2.84. The maximum atomic E-state index is 13.2. The van der Waals surface area contributed by atoms with Gasteiger partial charge in [0.05, 0.1) is 23.5 Å². The van der Waals surface area contributed by atoms with Crippen LogP contribution in [-0.4, -0.2) is 48.0 Å². The third-order valence-corrected chi connectivity index (χ3v) is 6.66. The van der Waals surface area contributed by atoms with Crippen molar-refractivity contribution in [1.82, 2.24) is 14.2 Å². The van der Waals surface area contributed by atoms with E-state index in [1.807, 2.05) is 5.32 Å². The predicted molar refractivity (Wildman–Crippen MR) is 113 cm³/mol. The molecule has 1 N–H and O–H groups in total. The molecule has 2 amide bonds. The van der Waals surface area contributed by atoms with E-state index in [9.17, 15) is 31.6 Å². The Bertz CT molecular complexity index is 1100. The number of nitrogens with one attached hydrogen (secondary N) is 1. The lowest BCUT2D eigenvalue weighted by molar-refractivity contribution is -0.137. The highest BCUT2D eigenvalue weighted by Gasteiger charge is 2.36. The maximum Gasteiger partial charge on any atom is 0.416 e. The van der Waals surface area contributed by atoms with Crippen molar-refractivity contribution in [1.29, 1.82) is 0 Å². The Kier molecular flexibility index (Phi) is 7.19. The number of urea groups is 1. The van der Waals surface area contributed by atoms with Crippen molar-refractivity contribution in [2.24, 2.45) is 7.05 Å². The van der Waals surface area contributed by atoms with E-state index in [1.54, 1.807) is 14.0 Å². The zero-order chi connectivity index (χ0) is 24.4. The number of benzene rings is 1. The van der Waals surface area contributed by atoms with E-state index < -0.39 is 38.5 Å². The zero-order valence-corrected chi connectivity index (χ0v) is 18.7. The number of hydroxylamine groups is 1. The van der Waals surface area contributed by atoms with Crippen LogP contribution in [0.1, 0.15) is 30.9 Å². The first kappa shape index (κ1) is 24.8. The van der Waals surface area contributed by atoms with Gasteiger partial charge in [0.1, 0.15) is 0 Å². The summed E-state index contributed by atoms with van der Waals surface area (Å²) in [4.78, 5) is 12.5. The first-order valence-corrected chi connectivity index (χ1v) is 11.4. The number of halogens is 3. The van der Waals surface area contributed by atoms with Crippen LogP contribution >= 0.6 is 0 Å². The minimum atomic E-state index is -4.95. The topological polar surface area (TPSA) is 120 Å². The first-order valence-electron chi connectivity index (χ1n) is 10.0. The summed E-state index contributed by atoms with van der Waals surface area (Å²) in [5.41, 5.74) is -1.05. The van der Waals surface area contributed by atoms with Crippen molar-refractivity contribution in [3.05, 3.63) is 46.9 Å². The number of hydrogen-bond donors (Lipinski definition) is 1. The quantitative estimate of drug-likeness (QED) is 0.621. The van der Waals surface area contributed by atoms with E-state index in [0.717, 1.165) is 10.4 Å². The van der Waals surface area contributed by atoms with Gasteiger partial charge in [0.2, 0.25) is 0 Å². The number of carbonyl (C=O) groups is 1. The molecule has 1 aliphatic heterocycles. The molecule has 14 heteroatoms. The molecule has 1 aliphatic rings. The molecule has 1 saturated heterocycles. The van der Waals surface area contributed by atoms with Crippen molar-refractivity contribution >= 4 is 27.6 Å². The average Bonchev–Trinajstić information content (AvgIpc) is 3.18. The van der Waals surface area contributed by atoms with Crippen molar-refractivity contribution in [2.75, 3.05) is 22.8 Å². The molecular weight excluding hydrogens is 467 g/mol. The highest BCUT2D eigenvalue weighted by Crippen LogP contribution is 2.33. The summed E-state index contributed by atoms with van der Waals surface area (Å²) < 4.78 is 72.4. The van der Waals surface area contributed by atoms with Crippen LogP contribution in [0.2, 0.25) is 0 Å². The van der Waals surface area contributed by atoms with Crippen LogP contribution in [0.3, 0.4) is 0 Å². The molecule has 0 saturated carbocycles. The van der Waals surface area contributed by atoms with Gasteiger partial charge in [0.15, 0.2) is 0 Å². The summed E-state index contributed by atoms with van der Waals surface area (Å²) in [6.45, 7) is 2.13. The SMILES string of the molecule is CCc1cc(NC(=O)N([O-])S(=O)(=O)N(c2cnn(C)c2)C2CCOCC2)cc(C(F)(F)F)c1. The summed E-state index contributed by atoms with van der Waals surface area (Å²) in [6.07, 6.45) is -1.30. The Morgan fingerprint density at radius 1 is 1.30 bits per heavy atom. The second-order valence-corrected chi connectivity index (χ2v) is 9.07. The molecule has 33 heavy (non-hydrogen) atoms. The molecule has 3 rings (SSSR count). The van der Waals surface area contributed by atoms with Crippen molar-refractivity contribution in [3.63, 3.8) is 0 Å². The third kappa shape index (κ3) is 5.57. The van der Waals surface area contributed by atoms with Crippen LogP contribution in [0.5, 0.6) is 0 Å². The molecule has 2 aromatic rings. The van der Waals surface area contributed by atoms with E-state index >= 15 is 0 Å². The number of carbonyl (C=O) groups excluding carboxylic acids is 1. The van der Waals surface area contributed by atoms with Crippen LogP contribution < -0.4 is 9.62 Å². The van der Waals surface area contributed by atoms with Gasteiger partial charge in [-0.05, 0) is 43.0 Å². The molecule has 0 atom stereocenters. The molecular formula is C19H23F3N5O5S-. The summed E-state index contributed by atoms with van der Waals surface area (Å²) in [6, 6.07) is 0.478. The van der Waals surface area contributed by atoms with E-state index in [1.165, 1.54) is 23.1 Å². The second-order valence-electron chi connectivity index (χ2n) is 7.45. The van der Waals surface area contributed by atoms with Crippen LogP contribution in [0.25, 0.3) is 0 Å². The maximum absolute atomic E-state index is 13.2. The van der Waals surface area contributed by atoms with Crippen molar-refractivity contribution < 1.29 is 31.1 Å². The lowest BCUT2D eigenvalue weighted by Gasteiger charge is -2.39. The Morgan fingerprint density at radius 3 is 2.52 bits per heavy atom. The van der Waals surface area contributed by atoms with E-state index in [-0.39, 0.29) is 49.4 Å². The zero-order valence-electron chi connectivity index (χ0n) is 17.9. The minimum Gasteiger partial charge on any atom is -0.740 e. The average molecular weight is 490 g/mol. The molecule has 0 bridgehead atoms. The first-order chi connectivity index (χ1) is 15.4. The number of aromatic nitrogens is 2. The largest absolute Gasteiger partial charge is 0.740 e. The fraction of sp³-hybridized carbons (Fsp3) is 0.474. The summed E-state index contributed by atoms with van der Waals surface area (Å²) in [5, 5.41) is 18.6. The lowest BCUT2D eigenvalue weighted by atomic mass is 10.1. The summed E-state index contributed by atoms with van der Waals surface area (Å²) >= 11 is 0. The molecule has 0 unspecified atom stereocenters. The van der Waals surface area contributed by atoms with Gasteiger partial charge < -0.3 is 15.3 Å². The Balaban J connectivity index is 1.90. The summed E-state index contributed by atoms with van der Waals surface area (Å²) in [7, 11) is -3.39. The Labute approximate surface area is 188 Å². The van der Waals surface area contributed by atoms with Gasteiger partial charge in [0, 0.05) is 32.1 Å². The van der Waals surface area contributed by atoms with Gasteiger partial charge in [-0.2, -0.15) is 26.7 Å². The van der Waals surface area contributed by atoms with Gasteiger partial charge >= 0.3 is 22.4 Å². The number of rotatable bonds is 6. The predicted octanol–water partition coefficient (Wildman–Crippen LogP) is 3.26. The molecule has 0 aliphatic carbocycles. The highest BCUT2D eigenvalue weighted by atomic mass is 32.2. The molecule has 0 radical (unpaired) electrons. The number of hydrogen-bond acceptors (Lipinski definition) is 6. The van der Waals surface area contributed by atoms with Gasteiger partial charge in [-0.3, -0.25) is 9.15 Å². The van der Waals surface area contributed by atoms with Crippen LogP contribution in [0.15, 0.2) is 30.6 Å². The molecule has 10 nitrogen and oxygen atoms in total. The number of ether oxygens (including phenoxy) is 1. The third-order valence-electron chi connectivity index (χ3n) is 5.07. The molecule has 1 aromatic carbocycles. The molecule has 1 fully saturated rings. The van der Waals surface area contributed by atoms with Gasteiger partial charge in [-0.1, -0.05) is 6.92 Å². The molecule has 0 spiro atoms. The number of aryl methyl sites for hydroxylation is 2. The minimum absolute atomic E-state index is 0.0744. The number of anilines is 2. The highest BCUT2D eigenvalue weighted by molar-refractivity contribution is 7.91. The monoisotopic (exact) mass is 490 g/mol. The number of nitrogens with zero attached hydrogens (tertiary/aromatic N) is 4. The van der Waals surface area contributed by atoms with Crippen LogP contribution in [0, 0.1) is 5.21 Å². The van der Waals surface area contributed by atoms with Crippen molar-refractivity contribution in [2.45, 2.75) is 38.4 Å². The smallest absolute Gasteiger partial charge is 0.416 e. The lowest BCUT2D eigenvalue weighted by Crippen LogP contribution is -2.51. The fourth-order valence-corrected chi connectivity index (χ4v) is 4.82. The van der Waals surface area contributed by atoms with Crippen LogP contribution in [0.4, 0.5) is 29.3 Å². The normalized spacial score (nSPS) is 15.3. The number of amides is 2. The van der Waals surface area contributed by atoms with Gasteiger partial charge in [0.25, 0.3) is 0 Å². The molecule has 1 aromatic heterocycles. The fourth-order valence-electron chi connectivity index (χ4n) is 3.46. The van der Waals surface area contributed by atoms with E-state index in [0.29, 0.717) is 6.07 Å². The standard InChI is InChI=1S/C19H23F3N5O5S/c1-3-13-8-14(19(20,21)22)10-15(9-13)24-18(28)27(29)33(30,31)26(16-4-6-32-7-5-16)17-11-23-25(2)12-17/h8-12,16H,3-7H2,1-2H3,(H,24,28)/q-1. The number of alkyl halides is 3. The van der Waals surface area contributed by atoms with Crippen LogP contribution in [-0.2, 0) is 34.6 Å². The van der Waals surface area contributed by atoms with E-state index in [4.69, 9.17) is 4.74 Å². The van der Waals surface area contributed by atoms with Gasteiger partial charge in [-0.15, -0.1) is 0 Å². The van der Waals surface area contributed by atoms with Gasteiger partial charge in [-0.25, -0.2) is 9.10 Å². The molecule has 182 valence electrons. The van der Waals surface area contributed by atoms with E-state index in [2.05, 4.69) is 5.10 Å². The van der Waals surface area contributed by atoms with Crippen molar-refractivity contribution in [3.8, 4) is 0 Å².